The van der Waals surface area contributed by atoms with Gasteiger partial charge in [0.15, 0.2) is 0 Å². The minimum atomic E-state index is 0.608. The Balaban J connectivity index is 1.85. The molecule has 6 nitrogen and oxygen atoms in total. The third kappa shape index (κ3) is 3.46. The Morgan fingerprint density at radius 1 is 1.30 bits per heavy atom. The zero-order chi connectivity index (χ0) is 14.4. The first-order valence-corrected chi connectivity index (χ1v) is 6.89. The highest BCUT2D eigenvalue weighted by Crippen LogP contribution is 2.20. The lowest BCUT2D eigenvalue weighted by atomic mass is 10.1. The predicted octanol–water partition coefficient (Wildman–Crippen LogP) is 2.26. The molecule has 108 valence electrons. The number of ether oxygens (including phenoxy) is 1. The van der Waals surface area contributed by atoms with E-state index in [2.05, 4.69) is 25.5 Å². The molecule has 0 bridgehead atoms. The summed E-state index contributed by atoms with van der Waals surface area (Å²) in [5.41, 5.74) is 3.36. The number of H-pyrrole nitrogens is 1. The molecular weight excluding hydrogens is 254 g/mol. The molecule has 6 heteroatoms. The van der Waals surface area contributed by atoms with Gasteiger partial charge in [-0.05, 0) is 39.2 Å². The number of aryl methyl sites for hydroxylation is 2. The van der Waals surface area contributed by atoms with Crippen LogP contribution in [0.5, 0.6) is 5.88 Å². The molecule has 0 aromatic carbocycles. The Kier molecular flexibility index (Phi) is 4.92. The van der Waals surface area contributed by atoms with Gasteiger partial charge in [0.2, 0.25) is 5.88 Å². The maximum Gasteiger partial charge on any atom is 0.221 e. The fourth-order valence-electron chi connectivity index (χ4n) is 2.01. The van der Waals surface area contributed by atoms with E-state index in [-0.39, 0.29) is 0 Å². The average molecular weight is 275 g/mol. The highest BCUT2D eigenvalue weighted by molar-refractivity contribution is 5.47. The van der Waals surface area contributed by atoms with E-state index in [1.54, 1.807) is 0 Å². The zero-order valence-corrected chi connectivity index (χ0v) is 12.2. The molecule has 2 aromatic rings. The van der Waals surface area contributed by atoms with Crippen LogP contribution >= 0.6 is 0 Å². The van der Waals surface area contributed by atoms with Crippen LogP contribution in [0.15, 0.2) is 12.5 Å². The molecule has 0 fully saturated rings. The SMILES string of the molecule is CCOc1ncnc(NCCCc2cn[nH]c2C)c1C. The zero-order valence-electron chi connectivity index (χ0n) is 12.2. The summed E-state index contributed by atoms with van der Waals surface area (Å²) in [7, 11) is 0. The van der Waals surface area contributed by atoms with Crippen molar-refractivity contribution in [3.8, 4) is 5.88 Å². The lowest BCUT2D eigenvalue weighted by molar-refractivity contribution is 0.324. The number of aromatic amines is 1. The highest BCUT2D eigenvalue weighted by Gasteiger charge is 2.07. The first-order chi connectivity index (χ1) is 9.72. The third-order valence-corrected chi connectivity index (χ3v) is 3.17. The van der Waals surface area contributed by atoms with Crippen LogP contribution < -0.4 is 10.1 Å². The minimum absolute atomic E-state index is 0.608. The molecule has 2 rings (SSSR count). The minimum Gasteiger partial charge on any atom is -0.478 e. The van der Waals surface area contributed by atoms with E-state index in [9.17, 15) is 0 Å². The summed E-state index contributed by atoms with van der Waals surface area (Å²) in [4.78, 5) is 8.38. The number of nitrogens with one attached hydrogen (secondary N) is 2. The quantitative estimate of drug-likeness (QED) is 0.758. The molecule has 2 aromatic heterocycles. The van der Waals surface area contributed by atoms with Crippen LogP contribution in [0.1, 0.15) is 30.2 Å². The smallest absolute Gasteiger partial charge is 0.221 e. The van der Waals surface area contributed by atoms with Crippen molar-refractivity contribution < 1.29 is 4.74 Å². The molecule has 0 amide bonds. The second-order valence-electron chi connectivity index (χ2n) is 4.64. The van der Waals surface area contributed by atoms with Gasteiger partial charge in [0.05, 0.1) is 18.4 Å². The molecule has 0 aliphatic heterocycles. The summed E-state index contributed by atoms with van der Waals surface area (Å²) in [6.45, 7) is 7.42. The monoisotopic (exact) mass is 275 g/mol. The maximum absolute atomic E-state index is 5.45. The van der Waals surface area contributed by atoms with Gasteiger partial charge in [0.25, 0.3) is 0 Å². The number of anilines is 1. The highest BCUT2D eigenvalue weighted by atomic mass is 16.5. The molecule has 2 N–H and O–H groups in total. The van der Waals surface area contributed by atoms with Gasteiger partial charge in [-0.15, -0.1) is 0 Å². The van der Waals surface area contributed by atoms with Crippen molar-refractivity contribution in [1.29, 1.82) is 0 Å². The van der Waals surface area contributed by atoms with E-state index in [0.29, 0.717) is 12.5 Å². The van der Waals surface area contributed by atoms with E-state index in [1.165, 1.54) is 11.9 Å². The number of hydrogen-bond acceptors (Lipinski definition) is 5. The van der Waals surface area contributed by atoms with Crippen LogP contribution in [-0.4, -0.2) is 33.3 Å². The summed E-state index contributed by atoms with van der Waals surface area (Å²) >= 11 is 0. The van der Waals surface area contributed by atoms with E-state index in [1.807, 2.05) is 27.0 Å². The standard InChI is InChI=1S/C14H21N5O/c1-4-20-14-10(2)13(16-9-17-14)15-7-5-6-12-8-18-19-11(12)3/h8-9H,4-7H2,1-3H3,(H,18,19)(H,15,16,17). The van der Waals surface area contributed by atoms with Gasteiger partial charge in [0, 0.05) is 12.2 Å². The number of rotatable bonds is 7. The van der Waals surface area contributed by atoms with Crippen LogP contribution in [-0.2, 0) is 6.42 Å². The summed E-state index contributed by atoms with van der Waals surface area (Å²) in [5, 5.41) is 10.3. The number of aromatic nitrogens is 4. The number of hydrogen-bond donors (Lipinski definition) is 2. The molecule has 0 radical (unpaired) electrons. The first kappa shape index (κ1) is 14.3. The van der Waals surface area contributed by atoms with E-state index >= 15 is 0 Å². The molecule has 0 aliphatic carbocycles. The second-order valence-corrected chi connectivity index (χ2v) is 4.64. The first-order valence-electron chi connectivity index (χ1n) is 6.89. The van der Waals surface area contributed by atoms with Gasteiger partial charge < -0.3 is 10.1 Å². The molecule has 0 saturated heterocycles. The second kappa shape index (κ2) is 6.88. The van der Waals surface area contributed by atoms with Gasteiger partial charge in [0.1, 0.15) is 12.1 Å². The normalized spacial score (nSPS) is 10.6. The summed E-state index contributed by atoms with van der Waals surface area (Å²) < 4.78 is 5.45. The molecule has 0 unspecified atom stereocenters. The van der Waals surface area contributed by atoms with Crippen molar-refractivity contribution in [2.75, 3.05) is 18.5 Å². The molecule has 2 heterocycles. The lowest BCUT2D eigenvalue weighted by Gasteiger charge is -2.11. The van der Waals surface area contributed by atoms with Crippen molar-refractivity contribution in [3.05, 3.63) is 29.3 Å². The van der Waals surface area contributed by atoms with Gasteiger partial charge in [-0.25, -0.2) is 9.97 Å². The van der Waals surface area contributed by atoms with Crippen LogP contribution in [0.2, 0.25) is 0 Å². The largest absolute Gasteiger partial charge is 0.478 e. The van der Waals surface area contributed by atoms with Crippen LogP contribution in [0.4, 0.5) is 5.82 Å². The molecule has 0 spiro atoms. The molecule has 0 saturated carbocycles. The van der Waals surface area contributed by atoms with E-state index in [4.69, 9.17) is 4.74 Å². The van der Waals surface area contributed by atoms with Crippen molar-refractivity contribution in [3.63, 3.8) is 0 Å². The van der Waals surface area contributed by atoms with Gasteiger partial charge in [-0.3, -0.25) is 5.10 Å². The molecule has 0 atom stereocenters. The average Bonchev–Trinajstić information content (AvgIpc) is 2.84. The third-order valence-electron chi connectivity index (χ3n) is 3.17. The Bertz CT molecular complexity index is 552. The van der Waals surface area contributed by atoms with Gasteiger partial charge >= 0.3 is 0 Å². The number of nitrogens with zero attached hydrogens (tertiary/aromatic N) is 3. The topological polar surface area (TPSA) is 75.7 Å². The van der Waals surface area contributed by atoms with Gasteiger partial charge in [-0.1, -0.05) is 0 Å². The van der Waals surface area contributed by atoms with Crippen molar-refractivity contribution in [2.45, 2.75) is 33.6 Å². The molecule has 0 aliphatic rings. The summed E-state index contributed by atoms with van der Waals surface area (Å²) in [6, 6.07) is 0. The van der Waals surface area contributed by atoms with Crippen LogP contribution in [0.3, 0.4) is 0 Å². The Morgan fingerprint density at radius 3 is 2.85 bits per heavy atom. The summed E-state index contributed by atoms with van der Waals surface area (Å²) in [6.07, 6.45) is 5.44. The van der Waals surface area contributed by atoms with E-state index in [0.717, 1.165) is 36.5 Å². The van der Waals surface area contributed by atoms with Crippen LogP contribution in [0, 0.1) is 13.8 Å². The fourth-order valence-corrected chi connectivity index (χ4v) is 2.01. The fraction of sp³-hybridized carbons (Fsp3) is 0.500. The Hall–Kier alpha value is -2.11. The maximum atomic E-state index is 5.45. The molecule has 20 heavy (non-hydrogen) atoms. The Labute approximate surface area is 119 Å². The van der Waals surface area contributed by atoms with Crippen molar-refractivity contribution >= 4 is 5.82 Å². The van der Waals surface area contributed by atoms with Crippen LogP contribution in [0.25, 0.3) is 0 Å². The predicted molar refractivity (Wildman–Crippen MR) is 78.1 cm³/mol. The summed E-state index contributed by atoms with van der Waals surface area (Å²) in [5.74, 6) is 1.49. The lowest BCUT2D eigenvalue weighted by Crippen LogP contribution is -2.08. The Morgan fingerprint density at radius 2 is 2.15 bits per heavy atom. The molecular formula is C14H21N5O. The van der Waals surface area contributed by atoms with Gasteiger partial charge in [-0.2, -0.15) is 5.10 Å². The van der Waals surface area contributed by atoms with Crippen molar-refractivity contribution in [2.24, 2.45) is 0 Å². The van der Waals surface area contributed by atoms with Crippen molar-refractivity contribution in [1.82, 2.24) is 20.2 Å². The van der Waals surface area contributed by atoms with E-state index < -0.39 is 0 Å².